The van der Waals surface area contributed by atoms with Gasteiger partial charge in [-0.15, -0.1) is 0 Å². The summed E-state index contributed by atoms with van der Waals surface area (Å²) in [7, 11) is 1.39. The van der Waals surface area contributed by atoms with Gasteiger partial charge in [0.2, 0.25) is 0 Å². The van der Waals surface area contributed by atoms with Gasteiger partial charge in [-0.2, -0.15) is 0 Å². The number of hydrogen-bond donors (Lipinski definition) is 0. The fourth-order valence-corrected chi connectivity index (χ4v) is 1.14. The Morgan fingerprint density at radius 1 is 1.42 bits per heavy atom. The number of ether oxygens (including phenoxy) is 1. The van der Waals surface area contributed by atoms with E-state index in [1.165, 1.54) is 25.3 Å². The first kappa shape index (κ1) is 9.26. The van der Waals surface area contributed by atoms with E-state index in [9.17, 15) is 8.78 Å². The maximum absolute atomic E-state index is 12.2. The lowest BCUT2D eigenvalue weighted by Crippen LogP contribution is -1.90. The van der Waals surface area contributed by atoms with Gasteiger partial charge in [-0.05, 0) is 6.07 Å². The Morgan fingerprint density at radius 2 is 2.08 bits per heavy atom. The van der Waals surface area contributed by atoms with Gasteiger partial charge in [0.05, 0.1) is 12.1 Å². The zero-order valence-electron chi connectivity index (χ0n) is 6.35. The van der Waals surface area contributed by atoms with Crippen molar-refractivity contribution in [3.8, 4) is 5.75 Å². The van der Waals surface area contributed by atoms with Crippen LogP contribution in [0.25, 0.3) is 0 Å². The van der Waals surface area contributed by atoms with Gasteiger partial charge in [0.25, 0.3) is 6.43 Å². The van der Waals surface area contributed by atoms with Crippen LogP contribution in [-0.4, -0.2) is 7.11 Å². The summed E-state index contributed by atoms with van der Waals surface area (Å²) < 4.78 is 29.2. The molecule has 0 atom stereocenters. The van der Waals surface area contributed by atoms with Crippen molar-refractivity contribution in [2.24, 2.45) is 0 Å². The van der Waals surface area contributed by atoms with Crippen molar-refractivity contribution in [1.29, 1.82) is 0 Å². The van der Waals surface area contributed by atoms with Crippen LogP contribution in [0.15, 0.2) is 18.2 Å². The lowest BCUT2D eigenvalue weighted by molar-refractivity contribution is 0.151. The summed E-state index contributed by atoms with van der Waals surface area (Å²) in [6.45, 7) is 0. The highest BCUT2D eigenvalue weighted by molar-refractivity contribution is 6.32. The zero-order chi connectivity index (χ0) is 9.14. The van der Waals surface area contributed by atoms with Gasteiger partial charge in [0, 0.05) is 5.56 Å². The first-order chi connectivity index (χ1) is 5.66. The predicted molar refractivity (Wildman–Crippen MR) is 43.0 cm³/mol. The number of halogens is 3. The van der Waals surface area contributed by atoms with E-state index in [-0.39, 0.29) is 16.3 Å². The van der Waals surface area contributed by atoms with Gasteiger partial charge in [0.1, 0.15) is 5.75 Å². The van der Waals surface area contributed by atoms with Gasteiger partial charge >= 0.3 is 0 Å². The van der Waals surface area contributed by atoms with Crippen LogP contribution in [0.3, 0.4) is 0 Å². The maximum Gasteiger partial charge on any atom is 0.265 e. The number of rotatable bonds is 2. The molecule has 0 aromatic heterocycles. The SMILES string of the molecule is COc1cccc(C(F)F)c1Cl. The summed E-state index contributed by atoms with van der Waals surface area (Å²) in [5.41, 5.74) is -0.198. The first-order valence-electron chi connectivity index (χ1n) is 3.27. The molecule has 0 amide bonds. The molecule has 0 saturated heterocycles. The zero-order valence-corrected chi connectivity index (χ0v) is 7.11. The van der Waals surface area contributed by atoms with E-state index in [1.807, 2.05) is 0 Å². The lowest BCUT2D eigenvalue weighted by Gasteiger charge is -2.06. The number of methoxy groups -OCH3 is 1. The third-order valence-corrected chi connectivity index (χ3v) is 1.85. The Bertz CT molecular complexity index is 276. The second kappa shape index (κ2) is 3.72. The van der Waals surface area contributed by atoms with Crippen molar-refractivity contribution < 1.29 is 13.5 Å². The van der Waals surface area contributed by atoms with Gasteiger partial charge < -0.3 is 4.74 Å². The Morgan fingerprint density at radius 3 is 2.58 bits per heavy atom. The first-order valence-corrected chi connectivity index (χ1v) is 3.65. The molecule has 0 aliphatic carbocycles. The Balaban J connectivity index is 3.14. The standard InChI is InChI=1S/C8H7ClF2O/c1-12-6-4-2-3-5(7(6)9)8(10)11/h2-4,8H,1H3. The molecule has 4 heteroatoms. The fraction of sp³-hybridized carbons (Fsp3) is 0.250. The van der Waals surface area contributed by atoms with Crippen LogP contribution in [0.4, 0.5) is 8.78 Å². The molecular formula is C8H7ClF2O. The minimum atomic E-state index is -2.56. The molecule has 0 unspecified atom stereocenters. The smallest absolute Gasteiger partial charge is 0.265 e. The van der Waals surface area contributed by atoms with Gasteiger partial charge in [-0.1, -0.05) is 23.7 Å². The van der Waals surface area contributed by atoms with E-state index in [1.54, 1.807) is 0 Å². The average molecular weight is 193 g/mol. The molecule has 0 spiro atoms. The summed E-state index contributed by atoms with van der Waals surface area (Å²) >= 11 is 5.60. The molecule has 0 radical (unpaired) electrons. The molecule has 1 rings (SSSR count). The molecule has 66 valence electrons. The molecule has 0 N–H and O–H groups in total. The van der Waals surface area contributed by atoms with E-state index >= 15 is 0 Å². The summed E-state index contributed by atoms with van der Waals surface area (Å²) in [6.07, 6.45) is -2.56. The van der Waals surface area contributed by atoms with Crippen molar-refractivity contribution in [2.75, 3.05) is 7.11 Å². The maximum atomic E-state index is 12.2. The van der Waals surface area contributed by atoms with Crippen LogP contribution < -0.4 is 4.74 Å². The highest BCUT2D eigenvalue weighted by atomic mass is 35.5. The Hall–Kier alpha value is -0.830. The van der Waals surface area contributed by atoms with Crippen LogP contribution in [-0.2, 0) is 0 Å². The fourth-order valence-electron chi connectivity index (χ4n) is 0.854. The summed E-state index contributed by atoms with van der Waals surface area (Å²) in [5, 5.41) is -0.0185. The molecule has 1 nitrogen and oxygen atoms in total. The third kappa shape index (κ3) is 1.67. The predicted octanol–water partition coefficient (Wildman–Crippen LogP) is 3.29. The summed E-state index contributed by atoms with van der Waals surface area (Å²) in [4.78, 5) is 0. The molecule has 0 heterocycles. The molecule has 0 saturated carbocycles. The topological polar surface area (TPSA) is 9.23 Å². The lowest BCUT2D eigenvalue weighted by atomic mass is 10.2. The monoisotopic (exact) mass is 192 g/mol. The van der Waals surface area contributed by atoms with Gasteiger partial charge in [-0.3, -0.25) is 0 Å². The van der Waals surface area contributed by atoms with Gasteiger partial charge in [-0.25, -0.2) is 8.78 Å². The second-order valence-electron chi connectivity index (χ2n) is 2.16. The Labute approximate surface area is 73.9 Å². The minimum Gasteiger partial charge on any atom is -0.495 e. The van der Waals surface area contributed by atoms with Crippen LogP contribution in [0, 0.1) is 0 Å². The van der Waals surface area contributed by atoms with Crippen LogP contribution in [0.5, 0.6) is 5.75 Å². The third-order valence-electron chi connectivity index (χ3n) is 1.45. The molecule has 0 aliphatic heterocycles. The minimum absolute atomic E-state index is 0.0185. The molecule has 12 heavy (non-hydrogen) atoms. The van der Waals surface area contributed by atoms with Crippen molar-refractivity contribution in [3.63, 3.8) is 0 Å². The summed E-state index contributed by atoms with van der Waals surface area (Å²) in [6, 6.07) is 4.29. The van der Waals surface area contributed by atoms with Crippen molar-refractivity contribution in [2.45, 2.75) is 6.43 Å². The van der Waals surface area contributed by atoms with Crippen LogP contribution in [0.1, 0.15) is 12.0 Å². The highest BCUT2D eigenvalue weighted by Gasteiger charge is 2.14. The molecule has 0 bridgehead atoms. The number of benzene rings is 1. The van der Waals surface area contributed by atoms with Gasteiger partial charge in [0.15, 0.2) is 0 Å². The van der Waals surface area contributed by atoms with E-state index < -0.39 is 6.43 Å². The van der Waals surface area contributed by atoms with Crippen molar-refractivity contribution in [1.82, 2.24) is 0 Å². The molecular weight excluding hydrogens is 186 g/mol. The van der Waals surface area contributed by atoms with E-state index in [0.717, 1.165) is 0 Å². The van der Waals surface area contributed by atoms with E-state index in [2.05, 4.69) is 0 Å². The quantitative estimate of drug-likeness (QED) is 0.699. The van der Waals surface area contributed by atoms with Crippen LogP contribution >= 0.6 is 11.6 Å². The van der Waals surface area contributed by atoms with Crippen molar-refractivity contribution in [3.05, 3.63) is 28.8 Å². The normalized spacial score (nSPS) is 10.4. The summed E-state index contributed by atoms with van der Waals surface area (Å²) in [5.74, 6) is 0.273. The van der Waals surface area contributed by atoms with Crippen molar-refractivity contribution >= 4 is 11.6 Å². The van der Waals surface area contributed by atoms with E-state index in [4.69, 9.17) is 16.3 Å². The highest BCUT2D eigenvalue weighted by Crippen LogP contribution is 2.33. The molecule has 0 aliphatic rings. The number of alkyl halides is 2. The van der Waals surface area contributed by atoms with Crippen LogP contribution in [0.2, 0.25) is 5.02 Å². The number of hydrogen-bond acceptors (Lipinski definition) is 1. The van der Waals surface area contributed by atoms with E-state index in [0.29, 0.717) is 0 Å². The second-order valence-corrected chi connectivity index (χ2v) is 2.54. The Kier molecular flexibility index (Phi) is 2.87. The average Bonchev–Trinajstić information content (AvgIpc) is 2.04. The largest absolute Gasteiger partial charge is 0.495 e. The molecule has 1 aromatic rings. The molecule has 1 aromatic carbocycles. The molecule has 0 fully saturated rings.